The molecule has 2 unspecified atom stereocenters. The number of halogens is 3. The number of hydrogen-bond donors (Lipinski definition) is 2. The third kappa shape index (κ3) is 8.59. The summed E-state index contributed by atoms with van der Waals surface area (Å²) >= 11 is 0. The van der Waals surface area contributed by atoms with Crippen LogP contribution < -0.4 is 15.4 Å². The fourth-order valence-electron chi connectivity index (χ4n) is 4.59. The molecule has 222 valence electrons. The quantitative estimate of drug-likeness (QED) is 0.402. The van der Waals surface area contributed by atoms with Crippen molar-refractivity contribution >= 4 is 23.6 Å². The van der Waals surface area contributed by atoms with Crippen LogP contribution in [-0.2, 0) is 14.4 Å². The van der Waals surface area contributed by atoms with Gasteiger partial charge in [-0.1, -0.05) is 12.1 Å². The lowest BCUT2D eigenvalue weighted by molar-refractivity contribution is -0.145. The summed E-state index contributed by atoms with van der Waals surface area (Å²) in [5, 5.41) is 5.43. The average Bonchev–Trinajstić information content (AvgIpc) is 3.40. The van der Waals surface area contributed by atoms with E-state index >= 15 is 0 Å². The van der Waals surface area contributed by atoms with Crippen molar-refractivity contribution in [2.24, 2.45) is 0 Å². The topological polar surface area (TPSA) is 108 Å². The van der Waals surface area contributed by atoms with E-state index in [4.69, 9.17) is 4.74 Å². The minimum absolute atomic E-state index is 0.0372. The number of alkyl halides is 3. The Balaban J connectivity index is 1.75. The normalized spacial score (nSPS) is 18.7. The Hall–Kier alpha value is -3.31. The molecule has 2 N–H and O–H groups in total. The van der Waals surface area contributed by atoms with Crippen LogP contribution in [0, 0.1) is 0 Å². The van der Waals surface area contributed by atoms with Gasteiger partial charge in [0, 0.05) is 31.6 Å². The van der Waals surface area contributed by atoms with E-state index in [1.165, 1.54) is 21.9 Å². The molecule has 1 aromatic rings. The molecule has 2 aliphatic rings. The minimum atomic E-state index is -4.41. The fourth-order valence-corrected chi connectivity index (χ4v) is 4.59. The molecule has 12 heteroatoms. The predicted molar refractivity (Wildman–Crippen MR) is 142 cm³/mol. The van der Waals surface area contributed by atoms with Crippen molar-refractivity contribution in [3.63, 3.8) is 0 Å². The van der Waals surface area contributed by atoms with Gasteiger partial charge in [-0.2, -0.15) is 13.2 Å². The number of rotatable bonds is 12. The van der Waals surface area contributed by atoms with Gasteiger partial charge in [-0.3, -0.25) is 19.2 Å². The molecule has 1 aromatic carbocycles. The molecule has 0 spiro atoms. The van der Waals surface area contributed by atoms with Crippen LogP contribution in [0.15, 0.2) is 24.3 Å². The highest BCUT2D eigenvalue weighted by atomic mass is 19.4. The number of para-hydroxylation sites is 1. The van der Waals surface area contributed by atoms with E-state index in [0.717, 1.165) is 12.8 Å². The molecule has 3 rings (SSSR count). The minimum Gasteiger partial charge on any atom is -0.483 e. The smallest absolute Gasteiger partial charge is 0.389 e. The summed E-state index contributed by atoms with van der Waals surface area (Å²) in [6.07, 6.45) is -3.42. The zero-order valence-corrected chi connectivity index (χ0v) is 23.5. The number of nitrogens with one attached hydrogen (secondary N) is 2. The number of amides is 4. The zero-order chi connectivity index (χ0) is 29.7. The van der Waals surface area contributed by atoms with Gasteiger partial charge < -0.3 is 25.2 Å². The summed E-state index contributed by atoms with van der Waals surface area (Å²) in [5.74, 6) is -1.81. The van der Waals surface area contributed by atoms with Crippen LogP contribution in [0.25, 0.3) is 0 Å². The summed E-state index contributed by atoms with van der Waals surface area (Å²) < 4.78 is 44.3. The van der Waals surface area contributed by atoms with E-state index in [-0.39, 0.29) is 60.7 Å². The second kappa shape index (κ2) is 12.9. The van der Waals surface area contributed by atoms with Crippen LogP contribution in [0.2, 0.25) is 0 Å². The summed E-state index contributed by atoms with van der Waals surface area (Å²) in [6.45, 7) is 5.54. The maximum atomic E-state index is 13.6. The third-order valence-corrected chi connectivity index (χ3v) is 7.43. The van der Waals surface area contributed by atoms with E-state index in [1.54, 1.807) is 19.2 Å². The van der Waals surface area contributed by atoms with Crippen molar-refractivity contribution in [3.05, 3.63) is 29.8 Å². The molecular weight excluding hydrogens is 529 g/mol. The highest BCUT2D eigenvalue weighted by Gasteiger charge is 2.40. The Bertz CT molecular complexity index is 1090. The molecule has 9 nitrogen and oxygen atoms in total. The average molecular weight is 569 g/mol. The third-order valence-electron chi connectivity index (χ3n) is 7.43. The van der Waals surface area contributed by atoms with Gasteiger partial charge in [0.2, 0.25) is 11.8 Å². The van der Waals surface area contributed by atoms with Crippen LogP contribution in [0.3, 0.4) is 0 Å². The molecule has 1 saturated heterocycles. The number of likely N-dealkylation sites (N-methyl/N-ethyl adjacent to an activating group) is 1. The molecule has 1 aliphatic heterocycles. The molecule has 2 fully saturated rings. The number of carbonyl (C=O) groups is 4. The monoisotopic (exact) mass is 568 g/mol. The lowest BCUT2D eigenvalue weighted by Crippen LogP contribution is -2.54. The lowest BCUT2D eigenvalue weighted by Gasteiger charge is -2.32. The van der Waals surface area contributed by atoms with Crippen LogP contribution in [0.5, 0.6) is 5.75 Å². The van der Waals surface area contributed by atoms with Crippen molar-refractivity contribution in [3.8, 4) is 5.75 Å². The van der Waals surface area contributed by atoms with Gasteiger partial charge in [-0.25, -0.2) is 0 Å². The number of hydrogen-bond acceptors (Lipinski definition) is 5. The summed E-state index contributed by atoms with van der Waals surface area (Å²) in [4.78, 5) is 55.0. The van der Waals surface area contributed by atoms with Gasteiger partial charge in [0.05, 0.1) is 5.56 Å². The molecule has 2 atom stereocenters. The summed E-state index contributed by atoms with van der Waals surface area (Å²) in [5.41, 5.74) is -0.199. The van der Waals surface area contributed by atoms with E-state index in [1.807, 2.05) is 20.8 Å². The van der Waals surface area contributed by atoms with Crippen molar-refractivity contribution in [2.75, 3.05) is 20.2 Å². The van der Waals surface area contributed by atoms with Crippen molar-refractivity contribution in [2.45, 2.75) is 95.6 Å². The van der Waals surface area contributed by atoms with Gasteiger partial charge in [0.25, 0.3) is 11.8 Å². The Morgan fingerprint density at radius 1 is 1.18 bits per heavy atom. The Morgan fingerprint density at radius 2 is 1.85 bits per heavy atom. The number of nitrogens with zero attached hydrogens (tertiary/aromatic N) is 2. The summed E-state index contributed by atoms with van der Waals surface area (Å²) in [7, 11) is 1.64. The van der Waals surface area contributed by atoms with Gasteiger partial charge in [-0.15, -0.1) is 0 Å². The first-order valence-electron chi connectivity index (χ1n) is 13.7. The van der Waals surface area contributed by atoms with E-state index in [9.17, 15) is 32.3 Å². The molecule has 0 aromatic heterocycles. The first-order valence-corrected chi connectivity index (χ1v) is 13.7. The zero-order valence-electron chi connectivity index (χ0n) is 23.5. The Morgan fingerprint density at radius 3 is 2.48 bits per heavy atom. The molecule has 0 radical (unpaired) electrons. The lowest BCUT2D eigenvalue weighted by atomic mass is 10.1. The number of ether oxygens (including phenoxy) is 1. The van der Waals surface area contributed by atoms with Crippen LogP contribution in [0.1, 0.15) is 76.1 Å². The van der Waals surface area contributed by atoms with Crippen molar-refractivity contribution < 1.29 is 37.1 Å². The highest BCUT2D eigenvalue weighted by molar-refractivity contribution is 6.00. The van der Waals surface area contributed by atoms with E-state index in [2.05, 4.69) is 10.6 Å². The molecule has 1 aliphatic carbocycles. The first kappa shape index (κ1) is 31.2. The van der Waals surface area contributed by atoms with E-state index < -0.39 is 36.5 Å². The van der Waals surface area contributed by atoms with Gasteiger partial charge in [0.1, 0.15) is 17.8 Å². The molecule has 1 heterocycles. The van der Waals surface area contributed by atoms with Crippen LogP contribution in [-0.4, -0.2) is 83.5 Å². The second-order valence-corrected chi connectivity index (χ2v) is 11.2. The molecular formula is C28H39F3N4O5. The fraction of sp³-hybridized carbons (Fsp3) is 0.643. The predicted octanol–water partition coefficient (Wildman–Crippen LogP) is 3.42. The molecule has 40 heavy (non-hydrogen) atoms. The van der Waals surface area contributed by atoms with Crippen molar-refractivity contribution in [1.82, 2.24) is 20.4 Å². The standard InChI is InChI=1S/C28H39F3N4O5/c1-18(2)34(4)26(39)21-11-8-16-35(21)25(38)20(10-7-13-28(29,30)31)32-24(37)19-9-5-6-12-22(19)40-17-23(36)33-27(3)14-15-27/h5-6,9,12,18,20-21H,7-8,10-11,13-17H2,1-4H3,(H,32,37)(H,33,36). The van der Waals surface area contributed by atoms with Crippen LogP contribution in [0.4, 0.5) is 13.2 Å². The number of benzene rings is 1. The number of likely N-dealkylation sites (tertiary alicyclic amines) is 1. The highest BCUT2D eigenvalue weighted by Crippen LogP contribution is 2.34. The Kier molecular flexibility index (Phi) is 10.1. The maximum Gasteiger partial charge on any atom is 0.389 e. The van der Waals surface area contributed by atoms with Crippen molar-refractivity contribution in [1.29, 1.82) is 0 Å². The van der Waals surface area contributed by atoms with Gasteiger partial charge in [0.15, 0.2) is 6.61 Å². The Labute approximate surface area is 232 Å². The van der Waals surface area contributed by atoms with Crippen LogP contribution >= 0.6 is 0 Å². The van der Waals surface area contributed by atoms with Gasteiger partial charge >= 0.3 is 6.18 Å². The second-order valence-electron chi connectivity index (χ2n) is 11.2. The van der Waals surface area contributed by atoms with E-state index in [0.29, 0.717) is 12.8 Å². The number of carbonyl (C=O) groups excluding carboxylic acids is 4. The largest absolute Gasteiger partial charge is 0.483 e. The SMILES string of the molecule is CC(C)N(C)C(=O)C1CCCN1C(=O)C(CCCC(F)(F)F)NC(=O)c1ccccc1OCC(=O)NC1(C)CC1. The molecule has 4 amide bonds. The molecule has 0 bridgehead atoms. The van der Waals surface area contributed by atoms with Gasteiger partial charge in [-0.05, 0) is 71.4 Å². The molecule has 1 saturated carbocycles. The maximum absolute atomic E-state index is 13.6. The summed E-state index contributed by atoms with van der Waals surface area (Å²) in [6, 6.07) is 4.01. The first-order chi connectivity index (χ1) is 18.7.